The molecule has 0 aromatic heterocycles. The van der Waals surface area contributed by atoms with Crippen LogP contribution in [0.15, 0.2) is 42.5 Å². The van der Waals surface area contributed by atoms with Gasteiger partial charge < -0.3 is 15.2 Å². The summed E-state index contributed by atoms with van der Waals surface area (Å²) in [5, 5.41) is 14.6. The molecule has 0 fully saturated rings. The van der Waals surface area contributed by atoms with Crippen LogP contribution in [0.25, 0.3) is 10.8 Å². The van der Waals surface area contributed by atoms with Crippen LogP contribution in [0.5, 0.6) is 0 Å². The van der Waals surface area contributed by atoms with Crippen molar-refractivity contribution in [3.8, 4) is 0 Å². The van der Waals surface area contributed by atoms with Gasteiger partial charge in [-0.2, -0.15) is 0 Å². The number of nitrogens with one attached hydrogen (secondary N) is 1. The van der Waals surface area contributed by atoms with Crippen molar-refractivity contribution in [1.82, 2.24) is 5.32 Å². The lowest BCUT2D eigenvalue weighted by atomic mass is 10.0. The van der Waals surface area contributed by atoms with Gasteiger partial charge in [-0.1, -0.05) is 36.4 Å². The van der Waals surface area contributed by atoms with E-state index >= 15 is 0 Å². The minimum atomic E-state index is 0.0836. The van der Waals surface area contributed by atoms with E-state index < -0.39 is 0 Å². The fraction of sp³-hybridized carbons (Fsp3) is 0.375. The van der Waals surface area contributed by atoms with Crippen LogP contribution < -0.4 is 5.32 Å². The maximum absolute atomic E-state index is 8.61. The summed E-state index contributed by atoms with van der Waals surface area (Å²) in [6, 6.07) is 15.2. The second-order valence-corrected chi connectivity index (χ2v) is 4.62. The third-order valence-corrected chi connectivity index (χ3v) is 3.21. The topological polar surface area (TPSA) is 41.5 Å². The number of hydrogen-bond donors (Lipinski definition) is 2. The minimum Gasteiger partial charge on any atom is -0.394 e. The van der Waals surface area contributed by atoms with Crippen LogP contribution in [0.1, 0.15) is 18.5 Å². The number of benzene rings is 2. The van der Waals surface area contributed by atoms with Crippen LogP contribution in [0.4, 0.5) is 0 Å². The van der Waals surface area contributed by atoms with Crippen molar-refractivity contribution in [3.63, 3.8) is 0 Å². The third-order valence-electron chi connectivity index (χ3n) is 3.21. The van der Waals surface area contributed by atoms with Crippen molar-refractivity contribution in [3.05, 3.63) is 48.0 Å². The summed E-state index contributed by atoms with van der Waals surface area (Å²) in [7, 11) is 0. The molecule has 2 aromatic carbocycles. The molecule has 3 heteroatoms. The summed E-state index contributed by atoms with van der Waals surface area (Å²) < 4.78 is 5.23. The summed E-state index contributed by atoms with van der Waals surface area (Å²) in [5.74, 6) is 0. The molecule has 19 heavy (non-hydrogen) atoms. The number of rotatable bonds is 7. The Hall–Kier alpha value is -1.42. The van der Waals surface area contributed by atoms with Crippen LogP contribution in [0, 0.1) is 0 Å². The van der Waals surface area contributed by atoms with Gasteiger partial charge in [0.25, 0.3) is 0 Å². The highest BCUT2D eigenvalue weighted by molar-refractivity contribution is 5.83. The zero-order valence-corrected chi connectivity index (χ0v) is 11.3. The zero-order valence-electron chi connectivity index (χ0n) is 11.3. The number of aliphatic hydroxyl groups excluding tert-OH is 1. The molecule has 102 valence electrons. The second-order valence-electron chi connectivity index (χ2n) is 4.62. The van der Waals surface area contributed by atoms with Crippen LogP contribution in [-0.2, 0) is 4.74 Å². The van der Waals surface area contributed by atoms with Gasteiger partial charge in [0.05, 0.1) is 19.8 Å². The van der Waals surface area contributed by atoms with E-state index in [1.54, 1.807) is 0 Å². The molecular formula is C16H21NO2. The van der Waals surface area contributed by atoms with Gasteiger partial charge in [-0.15, -0.1) is 0 Å². The lowest BCUT2D eigenvalue weighted by molar-refractivity contribution is 0.0928. The van der Waals surface area contributed by atoms with Crippen LogP contribution >= 0.6 is 0 Å². The average Bonchev–Trinajstić information content (AvgIpc) is 2.46. The fourth-order valence-corrected chi connectivity index (χ4v) is 2.11. The molecule has 0 amide bonds. The second kappa shape index (κ2) is 7.24. The van der Waals surface area contributed by atoms with Crippen LogP contribution in [-0.4, -0.2) is 31.5 Å². The van der Waals surface area contributed by atoms with E-state index in [0.717, 1.165) is 6.54 Å². The lowest BCUT2D eigenvalue weighted by Crippen LogP contribution is -2.23. The molecule has 0 aliphatic rings. The highest BCUT2D eigenvalue weighted by atomic mass is 16.5. The summed E-state index contributed by atoms with van der Waals surface area (Å²) in [5.41, 5.74) is 1.28. The number of fused-ring (bicyclic) bond motifs is 1. The Bertz CT molecular complexity index is 513. The maximum Gasteiger partial charge on any atom is 0.0698 e. The fourth-order valence-electron chi connectivity index (χ4n) is 2.11. The van der Waals surface area contributed by atoms with E-state index in [1.807, 2.05) is 0 Å². The van der Waals surface area contributed by atoms with Crippen molar-refractivity contribution in [2.45, 2.75) is 13.0 Å². The normalized spacial score (nSPS) is 12.7. The van der Waals surface area contributed by atoms with Gasteiger partial charge in [0.15, 0.2) is 0 Å². The first kappa shape index (κ1) is 14.0. The first-order valence-corrected chi connectivity index (χ1v) is 6.72. The first-order chi connectivity index (χ1) is 9.31. The molecule has 0 aliphatic carbocycles. The van der Waals surface area contributed by atoms with E-state index in [2.05, 4.69) is 54.7 Å². The number of ether oxygens (including phenoxy) is 1. The molecule has 2 rings (SSSR count). The summed E-state index contributed by atoms with van der Waals surface area (Å²) in [6.07, 6.45) is 0. The molecule has 0 saturated heterocycles. The Kier molecular flexibility index (Phi) is 5.33. The predicted molar refractivity (Wildman–Crippen MR) is 78.3 cm³/mol. The third kappa shape index (κ3) is 4.03. The molecule has 0 saturated carbocycles. The zero-order chi connectivity index (χ0) is 13.5. The van der Waals surface area contributed by atoms with Crippen molar-refractivity contribution in [2.75, 3.05) is 26.4 Å². The molecule has 2 aromatic rings. The number of hydrogen-bond acceptors (Lipinski definition) is 3. The molecule has 1 unspecified atom stereocenters. The summed E-state index contributed by atoms with van der Waals surface area (Å²) >= 11 is 0. The maximum atomic E-state index is 8.61. The van der Waals surface area contributed by atoms with Gasteiger partial charge in [0, 0.05) is 12.6 Å². The molecule has 0 bridgehead atoms. The molecule has 1 atom stereocenters. The largest absolute Gasteiger partial charge is 0.394 e. The minimum absolute atomic E-state index is 0.0836. The molecule has 2 N–H and O–H groups in total. The van der Waals surface area contributed by atoms with Gasteiger partial charge in [-0.3, -0.25) is 0 Å². The molecule has 0 spiro atoms. The lowest BCUT2D eigenvalue weighted by Gasteiger charge is -2.15. The van der Waals surface area contributed by atoms with Crippen molar-refractivity contribution in [2.24, 2.45) is 0 Å². The van der Waals surface area contributed by atoms with Crippen LogP contribution in [0.3, 0.4) is 0 Å². The Morgan fingerprint density at radius 1 is 1.11 bits per heavy atom. The Morgan fingerprint density at radius 2 is 1.89 bits per heavy atom. The van der Waals surface area contributed by atoms with Crippen LogP contribution in [0.2, 0.25) is 0 Å². The number of aliphatic hydroxyl groups is 1. The first-order valence-electron chi connectivity index (χ1n) is 6.72. The van der Waals surface area contributed by atoms with Gasteiger partial charge in [0.1, 0.15) is 0 Å². The van der Waals surface area contributed by atoms with Gasteiger partial charge in [-0.05, 0) is 29.3 Å². The Morgan fingerprint density at radius 3 is 2.68 bits per heavy atom. The van der Waals surface area contributed by atoms with E-state index in [1.165, 1.54) is 16.3 Å². The van der Waals surface area contributed by atoms with E-state index in [9.17, 15) is 0 Å². The molecular weight excluding hydrogens is 238 g/mol. The van der Waals surface area contributed by atoms with Gasteiger partial charge in [-0.25, -0.2) is 0 Å². The standard InChI is InChI=1S/C16H21NO2/c1-13(17-8-10-19-11-9-18)15-7-6-14-4-2-3-5-16(14)12-15/h2-7,12-13,17-18H,8-11H2,1H3. The highest BCUT2D eigenvalue weighted by Gasteiger charge is 2.05. The summed E-state index contributed by atoms with van der Waals surface area (Å²) in [6.45, 7) is 4.05. The Labute approximate surface area is 114 Å². The molecule has 3 nitrogen and oxygen atoms in total. The van der Waals surface area contributed by atoms with Crippen molar-refractivity contribution in [1.29, 1.82) is 0 Å². The SMILES string of the molecule is CC(NCCOCCO)c1ccc2ccccc2c1. The monoisotopic (exact) mass is 259 g/mol. The molecule has 0 heterocycles. The van der Waals surface area contributed by atoms with Gasteiger partial charge in [0.2, 0.25) is 0 Å². The average molecular weight is 259 g/mol. The van der Waals surface area contributed by atoms with Crippen molar-refractivity contribution >= 4 is 10.8 Å². The van der Waals surface area contributed by atoms with E-state index in [0.29, 0.717) is 19.3 Å². The molecule has 0 aliphatic heterocycles. The Balaban J connectivity index is 1.91. The van der Waals surface area contributed by atoms with E-state index in [-0.39, 0.29) is 6.61 Å². The van der Waals surface area contributed by atoms with Gasteiger partial charge >= 0.3 is 0 Å². The van der Waals surface area contributed by atoms with E-state index in [4.69, 9.17) is 9.84 Å². The predicted octanol–water partition coefficient (Wildman–Crippen LogP) is 2.50. The summed E-state index contributed by atoms with van der Waals surface area (Å²) in [4.78, 5) is 0. The highest BCUT2D eigenvalue weighted by Crippen LogP contribution is 2.19. The molecule has 0 radical (unpaired) electrons. The smallest absolute Gasteiger partial charge is 0.0698 e. The van der Waals surface area contributed by atoms with Crippen molar-refractivity contribution < 1.29 is 9.84 Å². The quantitative estimate of drug-likeness (QED) is 0.751.